The van der Waals surface area contributed by atoms with E-state index in [1.807, 2.05) is 32.6 Å². The van der Waals surface area contributed by atoms with Gasteiger partial charge in [0.25, 0.3) is 0 Å². The van der Waals surface area contributed by atoms with E-state index in [1.54, 1.807) is 7.11 Å². The van der Waals surface area contributed by atoms with Crippen LogP contribution in [0.15, 0.2) is 0 Å². The highest BCUT2D eigenvalue weighted by Gasteiger charge is 2.33. The van der Waals surface area contributed by atoms with Crippen LogP contribution in [0.1, 0.15) is 49.7 Å². The Balaban J connectivity index is 2.07. The summed E-state index contributed by atoms with van der Waals surface area (Å²) >= 11 is 0. The van der Waals surface area contributed by atoms with E-state index in [4.69, 9.17) is 4.74 Å². The van der Waals surface area contributed by atoms with Crippen LogP contribution in [0.3, 0.4) is 0 Å². The number of carbonyl (C=O) groups is 1. The van der Waals surface area contributed by atoms with Gasteiger partial charge in [0.05, 0.1) is 17.3 Å². The Labute approximate surface area is 126 Å². The van der Waals surface area contributed by atoms with Crippen LogP contribution in [0, 0.1) is 13.8 Å². The van der Waals surface area contributed by atoms with Gasteiger partial charge in [-0.05, 0) is 40.5 Å². The number of methoxy groups -OCH3 is 1. The first-order chi connectivity index (χ1) is 9.85. The van der Waals surface area contributed by atoms with Gasteiger partial charge in [-0.15, -0.1) is 0 Å². The highest BCUT2D eigenvalue weighted by Crippen LogP contribution is 2.34. The van der Waals surface area contributed by atoms with Crippen molar-refractivity contribution in [2.24, 2.45) is 0 Å². The maximum absolute atomic E-state index is 12.5. The number of aryl methyl sites for hydroxylation is 2. The molecule has 0 saturated carbocycles. The van der Waals surface area contributed by atoms with E-state index < -0.39 is 0 Å². The minimum absolute atomic E-state index is 0.0253. The molecule has 6 nitrogen and oxygen atoms in total. The van der Waals surface area contributed by atoms with Crippen LogP contribution in [-0.4, -0.2) is 46.9 Å². The number of H-pyrrole nitrogens is 1. The van der Waals surface area contributed by atoms with Crippen LogP contribution in [0.25, 0.3) is 0 Å². The highest BCUT2D eigenvalue weighted by molar-refractivity contribution is 5.75. The molecule has 1 unspecified atom stereocenters. The molecule has 118 valence electrons. The van der Waals surface area contributed by atoms with E-state index in [0.717, 1.165) is 36.3 Å². The molecule has 1 fully saturated rings. The van der Waals surface area contributed by atoms with Crippen molar-refractivity contribution in [3.63, 3.8) is 0 Å². The summed E-state index contributed by atoms with van der Waals surface area (Å²) in [6.07, 6.45) is 2.01. The summed E-state index contributed by atoms with van der Waals surface area (Å²) in [6, 6.07) is 0.0945. The van der Waals surface area contributed by atoms with Crippen molar-refractivity contribution in [2.45, 2.75) is 52.2 Å². The van der Waals surface area contributed by atoms with Crippen LogP contribution >= 0.6 is 0 Å². The number of rotatable bonds is 4. The molecule has 21 heavy (non-hydrogen) atoms. The van der Waals surface area contributed by atoms with Gasteiger partial charge in [-0.3, -0.25) is 5.10 Å². The Kier molecular flexibility index (Phi) is 4.56. The molecule has 1 aliphatic heterocycles. The lowest BCUT2D eigenvalue weighted by atomic mass is 10.0. The van der Waals surface area contributed by atoms with Crippen LogP contribution in [0.4, 0.5) is 4.79 Å². The van der Waals surface area contributed by atoms with Crippen molar-refractivity contribution in [1.82, 2.24) is 20.4 Å². The number of aromatic nitrogens is 2. The van der Waals surface area contributed by atoms with E-state index in [1.165, 1.54) is 0 Å². The number of urea groups is 1. The second-order valence-electron chi connectivity index (χ2n) is 6.32. The van der Waals surface area contributed by atoms with Gasteiger partial charge >= 0.3 is 6.03 Å². The van der Waals surface area contributed by atoms with E-state index in [2.05, 4.69) is 15.5 Å². The molecule has 0 aliphatic carbocycles. The van der Waals surface area contributed by atoms with Crippen LogP contribution in [-0.2, 0) is 4.74 Å². The predicted octanol–water partition coefficient (Wildman–Crippen LogP) is 2.30. The lowest BCUT2D eigenvalue weighted by Crippen LogP contribution is -2.46. The molecule has 1 aliphatic rings. The zero-order valence-corrected chi connectivity index (χ0v) is 13.6. The van der Waals surface area contributed by atoms with Gasteiger partial charge in [-0.1, -0.05) is 0 Å². The quantitative estimate of drug-likeness (QED) is 0.895. The number of ether oxygens (including phenoxy) is 1. The Morgan fingerprint density at radius 2 is 2.24 bits per heavy atom. The molecule has 1 aromatic rings. The number of likely N-dealkylation sites (tertiary alicyclic amines) is 1. The molecule has 0 aromatic carbocycles. The number of amides is 2. The molecule has 0 radical (unpaired) electrons. The summed E-state index contributed by atoms with van der Waals surface area (Å²) in [5.74, 6) is 0. The van der Waals surface area contributed by atoms with E-state index in [9.17, 15) is 4.79 Å². The van der Waals surface area contributed by atoms with Gasteiger partial charge in [0.15, 0.2) is 0 Å². The van der Waals surface area contributed by atoms with E-state index in [0.29, 0.717) is 6.54 Å². The average molecular weight is 294 g/mol. The predicted molar refractivity (Wildman–Crippen MR) is 81.2 cm³/mol. The number of nitrogens with zero attached hydrogens (tertiary/aromatic N) is 2. The van der Waals surface area contributed by atoms with Crippen molar-refractivity contribution >= 4 is 6.03 Å². The summed E-state index contributed by atoms with van der Waals surface area (Å²) in [4.78, 5) is 14.4. The molecule has 6 heteroatoms. The van der Waals surface area contributed by atoms with Gasteiger partial charge in [-0.25, -0.2) is 4.79 Å². The SMILES string of the molecule is COC(C)(C)CNC(=O)N1CCCC1c1c(C)n[nH]c1C. The van der Waals surface area contributed by atoms with E-state index in [-0.39, 0.29) is 17.7 Å². The number of aromatic amines is 1. The fourth-order valence-corrected chi connectivity index (χ4v) is 2.82. The Morgan fingerprint density at radius 1 is 1.52 bits per heavy atom. The third-order valence-electron chi connectivity index (χ3n) is 4.25. The fraction of sp³-hybridized carbons (Fsp3) is 0.733. The first-order valence-corrected chi connectivity index (χ1v) is 7.47. The highest BCUT2D eigenvalue weighted by atomic mass is 16.5. The summed E-state index contributed by atoms with van der Waals surface area (Å²) in [5, 5.41) is 10.2. The number of hydrogen-bond donors (Lipinski definition) is 2. The van der Waals surface area contributed by atoms with Crippen LogP contribution in [0.2, 0.25) is 0 Å². The topological polar surface area (TPSA) is 70.2 Å². The van der Waals surface area contributed by atoms with Crippen molar-refractivity contribution in [2.75, 3.05) is 20.2 Å². The van der Waals surface area contributed by atoms with Gasteiger partial charge in [-0.2, -0.15) is 5.10 Å². The van der Waals surface area contributed by atoms with Gasteiger partial charge < -0.3 is 15.0 Å². The molecule has 1 atom stereocenters. The largest absolute Gasteiger partial charge is 0.377 e. The zero-order chi connectivity index (χ0) is 15.6. The molecule has 1 saturated heterocycles. The smallest absolute Gasteiger partial charge is 0.318 e. The Bertz CT molecular complexity index is 490. The van der Waals surface area contributed by atoms with Crippen LogP contribution < -0.4 is 5.32 Å². The summed E-state index contributed by atoms with van der Waals surface area (Å²) < 4.78 is 5.34. The lowest BCUT2D eigenvalue weighted by molar-refractivity contribution is 0.0242. The molecule has 2 N–H and O–H groups in total. The van der Waals surface area contributed by atoms with Crippen molar-refractivity contribution in [3.05, 3.63) is 17.0 Å². The molecule has 0 bridgehead atoms. The molecular formula is C15H26N4O2. The summed E-state index contributed by atoms with van der Waals surface area (Å²) in [7, 11) is 1.66. The Hall–Kier alpha value is -1.56. The number of hydrogen-bond acceptors (Lipinski definition) is 3. The zero-order valence-electron chi connectivity index (χ0n) is 13.6. The minimum Gasteiger partial charge on any atom is -0.377 e. The number of carbonyl (C=O) groups excluding carboxylic acids is 1. The second-order valence-corrected chi connectivity index (χ2v) is 6.32. The first kappa shape index (κ1) is 15.8. The third kappa shape index (κ3) is 3.37. The molecule has 0 spiro atoms. The van der Waals surface area contributed by atoms with Gasteiger partial charge in [0, 0.05) is 31.5 Å². The second kappa shape index (κ2) is 6.05. The minimum atomic E-state index is -0.355. The maximum Gasteiger partial charge on any atom is 0.318 e. The van der Waals surface area contributed by atoms with E-state index >= 15 is 0 Å². The lowest BCUT2D eigenvalue weighted by Gasteiger charge is -2.28. The van der Waals surface area contributed by atoms with Crippen molar-refractivity contribution in [1.29, 1.82) is 0 Å². The van der Waals surface area contributed by atoms with Crippen molar-refractivity contribution in [3.8, 4) is 0 Å². The summed E-state index contributed by atoms with van der Waals surface area (Å²) in [5.41, 5.74) is 2.84. The maximum atomic E-state index is 12.5. The molecule has 2 amide bonds. The van der Waals surface area contributed by atoms with Crippen molar-refractivity contribution < 1.29 is 9.53 Å². The molecule has 2 heterocycles. The summed E-state index contributed by atoms with van der Waals surface area (Å²) in [6.45, 7) is 9.19. The third-order valence-corrected chi connectivity index (χ3v) is 4.25. The van der Waals surface area contributed by atoms with Gasteiger partial charge in [0.2, 0.25) is 0 Å². The molecule has 1 aromatic heterocycles. The normalized spacial score (nSPS) is 19.1. The monoisotopic (exact) mass is 294 g/mol. The van der Waals surface area contributed by atoms with Crippen LogP contribution in [0.5, 0.6) is 0 Å². The standard InChI is InChI=1S/C15H26N4O2/c1-10-13(11(2)18-17-10)12-7-6-8-19(12)14(20)16-9-15(3,4)21-5/h12H,6-9H2,1-5H3,(H,16,20)(H,17,18). The molecule has 2 rings (SSSR count). The Morgan fingerprint density at radius 3 is 2.81 bits per heavy atom. The number of nitrogens with one attached hydrogen (secondary N) is 2. The fourth-order valence-electron chi connectivity index (χ4n) is 2.82. The molecular weight excluding hydrogens is 268 g/mol. The van der Waals surface area contributed by atoms with Gasteiger partial charge in [0.1, 0.15) is 0 Å². The average Bonchev–Trinajstić information content (AvgIpc) is 3.03. The first-order valence-electron chi connectivity index (χ1n) is 7.47.